The first kappa shape index (κ1) is 15.4. The smallest absolute Gasteiger partial charge is 0.226 e. The molecule has 0 radical (unpaired) electrons. The molecule has 0 fully saturated rings. The van der Waals surface area contributed by atoms with Crippen LogP contribution in [0, 0.1) is 0 Å². The van der Waals surface area contributed by atoms with E-state index in [4.69, 9.17) is 4.74 Å². The highest BCUT2D eigenvalue weighted by molar-refractivity contribution is 5.94. The summed E-state index contributed by atoms with van der Waals surface area (Å²) < 4.78 is 7.58. The Balaban J connectivity index is 1.58. The van der Waals surface area contributed by atoms with Crippen LogP contribution in [0.3, 0.4) is 0 Å². The number of nitrogens with one attached hydrogen (secondary N) is 1. The van der Waals surface area contributed by atoms with E-state index in [0.29, 0.717) is 13.0 Å². The van der Waals surface area contributed by atoms with Crippen molar-refractivity contribution in [1.29, 1.82) is 0 Å². The largest absolute Gasteiger partial charge is 0.489 e. The van der Waals surface area contributed by atoms with Crippen molar-refractivity contribution in [2.24, 2.45) is 7.05 Å². The molecule has 6 nitrogen and oxygen atoms in total. The number of pyridine rings is 1. The molecule has 0 spiro atoms. The molecule has 4 rings (SSSR count). The van der Waals surface area contributed by atoms with Crippen LogP contribution in [0.4, 0.5) is 5.82 Å². The molecule has 0 saturated heterocycles. The highest BCUT2D eigenvalue weighted by Crippen LogP contribution is 2.37. The van der Waals surface area contributed by atoms with E-state index in [1.165, 1.54) is 0 Å². The van der Waals surface area contributed by atoms with Gasteiger partial charge in [0.15, 0.2) is 0 Å². The molecular formula is C19H18N4O2. The number of amides is 1. The lowest BCUT2D eigenvalue weighted by Crippen LogP contribution is -2.24. The Morgan fingerprint density at radius 1 is 1.28 bits per heavy atom. The summed E-state index contributed by atoms with van der Waals surface area (Å²) in [5.74, 6) is 1.53. The van der Waals surface area contributed by atoms with Crippen LogP contribution in [0.2, 0.25) is 0 Å². The van der Waals surface area contributed by atoms with Gasteiger partial charge in [-0.3, -0.25) is 14.5 Å². The number of rotatable bonds is 4. The van der Waals surface area contributed by atoms with Crippen molar-refractivity contribution < 1.29 is 9.53 Å². The molecule has 1 aliphatic rings. The molecule has 126 valence electrons. The predicted octanol–water partition coefficient (Wildman–Crippen LogP) is 2.87. The van der Waals surface area contributed by atoms with Gasteiger partial charge in [0.2, 0.25) is 5.91 Å². The second kappa shape index (κ2) is 6.39. The van der Waals surface area contributed by atoms with Gasteiger partial charge >= 0.3 is 0 Å². The minimum absolute atomic E-state index is 0.00258. The average molecular weight is 334 g/mol. The van der Waals surface area contributed by atoms with Crippen LogP contribution in [-0.2, 0) is 18.4 Å². The Bertz CT molecular complexity index is 905. The normalized spacial score (nSPS) is 16.2. The van der Waals surface area contributed by atoms with E-state index >= 15 is 0 Å². The summed E-state index contributed by atoms with van der Waals surface area (Å²) in [5, 5.41) is 7.16. The maximum atomic E-state index is 12.1. The summed E-state index contributed by atoms with van der Waals surface area (Å²) in [6, 6.07) is 11.8. The summed E-state index contributed by atoms with van der Waals surface area (Å²) in [5.41, 5.74) is 3.10. The Morgan fingerprint density at radius 3 is 3.04 bits per heavy atom. The first-order chi connectivity index (χ1) is 12.2. The van der Waals surface area contributed by atoms with E-state index in [1.54, 1.807) is 17.1 Å². The third kappa shape index (κ3) is 3.10. The lowest BCUT2D eigenvalue weighted by Gasteiger charge is -2.23. The van der Waals surface area contributed by atoms with E-state index < -0.39 is 0 Å². The molecule has 2 aromatic heterocycles. The predicted molar refractivity (Wildman–Crippen MR) is 93.3 cm³/mol. The molecule has 0 bridgehead atoms. The highest BCUT2D eigenvalue weighted by atomic mass is 16.5. The van der Waals surface area contributed by atoms with Crippen molar-refractivity contribution in [2.75, 3.05) is 5.32 Å². The zero-order chi connectivity index (χ0) is 17.2. The summed E-state index contributed by atoms with van der Waals surface area (Å²) in [4.78, 5) is 16.2. The molecule has 0 unspecified atom stereocenters. The summed E-state index contributed by atoms with van der Waals surface area (Å²) >= 11 is 0. The molecule has 3 aromatic rings. The number of fused-ring (bicyclic) bond motifs is 1. The Labute approximate surface area is 145 Å². The number of nitrogens with zero attached hydrogens (tertiary/aromatic N) is 3. The molecule has 3 heterocycles. The fraction of sp³-hybridized carbons (Fsp3) is 0.211. The van der Waals surface area contributed by atoms with Crippen LogP contribution < -0.4 is 10.1 Å². The van der Waals surface area contributed by atoms with Gasteiger partial charge in [-0.15, -0.1) is 0 Å². The van der Waals surface area contributed by atoms with Gasteiger partial charge in [-0.2, -0.15) is 5.10 Å². The SMILES string of the molecule is Cn1ncc2c1NC(=O)C[C@H]2c1cccc(OCc2cccnc2)c1. The molecule has 1 N–H and O–H groups in total. The molecule has 1 aliphatic heterocycles. The number of carbonyl (C=O) groups excluding carboxylic acids is 1. The molecule has 1 aromatic carbocycles. The summed E-state index contributed by atoms with van der Waals surface area (Å²) in [6.45, 7) is 0.459. The number of carbonyl (C=O) groups is 1. The maximum Gasteiger partial charge on any atom is 0.226 e. The molecule has 25 heavy (non-hydrogen) atoms. The van der Waals surface area contributed by atoms with Gasteiger partial charge in [-0.25, -0.2) is 0 Å². The van der Waals surface area contributed by atoms with Crippen LogP contribution >= 0.6 is 0 Å². The molecule has 6 heteroatoms. The van der Waals surface area contributed by atoms with Crippen molar-refractivity contribution >= 4 is 11.7 Å². The van der Waals surface area contributed by atoms with Crippen molar-refractivity contribution in [3.63, 3.8) is 0 Å². The molecule has 0 aliphatic carbocycles. The average Bonchev–Trinajstić information content (AvgIpc) is 3.01. The van der Waals surface area contributed by atoms with Crippen molar-refractivity contribution in [3.05, 3.63) is 71.7 Å². The zero-order valence-electron chi connectivity index (χ0n) is 13.8. The minimum Gasteiger partial charge on any atom is -0.489 e. The van der Waals surface area contributed by atoms with E-state index in [9.17, 15) is 4.79 Å². The van der Waals surface area contributed by atoms with E-state index in [0.717, 1.165) is 28.3 Å². The third-order valence-corrected chi connectivity index (χ3v) is 4.38. The summed E-state index contributed by atoms with van der Waals surface area (Å²) in [7, 11) is 1.83. The standard InChI is InChI=1S/C19H18N4O2/c1-23-19-17(11-21-23)16(9-18(24)22-19)14-5-2-6-15(8-14)25-12-13-4-3-7-20-10-13/h2-8,10-11,16H,9,12H2,1H3,(H,22,24)/t16-/m0/s1. The number of hydrogen-bond donors (Lipinski definition) is 1. The van der Waals surface area contributed by atoms with Crippen LogP contribution in [-0.4, -0.2) is 20.7 Å². The number of benzene rings is 1. The number of anilines is 1. The second-order valence-electron chi connectivity index (χ2n) is 6.10. The van der Waals surface area contributed by atoms with Gasteiger partial charge in [0.05, 0.1) is 6.20 Å². The number of aryl methyl sites for hydroxylation is 1. The number of aromatic nitrogens is 3. The first-order valence-electron chi connectivity index (χ1n) is 8.14. The number of ether oxygens (including phenoxy) is 1. The zero-order valence-corrected chi connectivity index (χ0v) is 13.8. The fourth-order valence-electron chi connectivity index (χ4n) is 3.11. The maximum absolute atomic E-state index is 12.1. The Morgan fingerprint density at radius 2 is 2.20 bits per heavy atom. The topological polar surface area (TPSA) is 69.0 Å². The van der Waals surface area contributed by atoms with Gasteiger partial charge in [0.1, 0.15) is 18.2 Å². The molecule has 0 saturated carbocycles. The van der Waals surface area contributed by atoms with Crippen LogP contribution in [0.1, 0.15) is 29.0 Å². The molecular weight excluding hydrogens is 316 g/mol. The third-order valence-electron chi connectivity index (χ3n) is 4.38. The second-order valence-corrected chi connectivity index (χ2v) is 6.10. The van der Waals surface area contributed by atoms with Crippen molar-refractivity contribution in [3.8, 4) is 5.75 Å². The lowest BCUT2D eigenvalue weighted by molar-refractivity contribution is -0.116. The van der Waals surface area contributed by atoms with Gasteiger partial charge in [0, 0.05) is 42.9 Å². The van der Waals surface area contributed by atoms with E-state index in [1.807, 2.05) is 49.6 Å². The Kier molecular flexibility index (Phi) is 3.93. The molecule has 1 atom stereocenters. The van der Waals surface area contributed by atoms with E-state index in [2.05, 4.69) is 15.4 Å². The minimum atomic E-state index is -0.0145. The van der Waals surface area contributed by atoms with Gasteiger partial charge in [-0.05, 0) is 23.8 Å². The highest BCUT2D eigenvalue weighted by Gasteiger charge is 2.29. The summed E-state index contributed by atoms with van der Waals surface area (Å²) in [6.07, 6.45) is 5.76. The quantitative estimate of drug-likeness (QED) is 0.796. The first-order valence-corrected chi connectivity index (χ1v) is 8.14. The van der Waals surface area contributed by atoms with Gasteiger partial charge in [0.25, 0.3) is 0 Å². The van der Waals surface area contributed by atoms with Crippen LogP contribution in [0.15, 0.2) is 55.0 Å². The number of hydrogen-bond acceptors (Lipinski definition) is 4. The van der Waals surface area contributed by atoms with Crippen LogP contribution in [0.5, 0.6) is 5.75 Å². The fourth-order valence-corrected chi connectivity index (χ4v) is 3.11. The van der Waals surface area contributed by atoms with Crippen LogP contribution in [0.25, 0.3) is 0 Å². The lowest BCUT2D eigenvalue weighted by atomic mass is 9.87. The monoisotopic (exact) mass is 334 g/mol. The van der Waals surface area contributed by atoms with Gasteiger partial charge in [-0.1, -0.05) is 18.2 Å². The van der Waals surface area contributed by atoms with Crippen molar-refractivity contribution in [2.45, 2.75) is 18.9 Å². The Hall–Kier alpha value is -3.15. The van der Waals surface area contributed by atoms with Crippen molar-refractivity contribution in [1.82, 2.24) is 14.8 Å². The van der Waals surface area contributed by atoms with Gasteiger partial charge < -0.3 is 10.1 Å². The van der Waals surface area contributed by atoms with E-state index in [-0.39, 0.29) is 11.8 Å². The molecule has 1 amide bonds.